The van der Waals surface area contributed by atoms with E-state index in [1.54, 1.807) is 0 Å². The van der Waals surface area contributed by atoms with Gasteiger partial charge in [0.25, 0.3) is 0 Å². The second-order valence-electron chi connectivity index (χ2n) is 7.39. The zero-order valence-corrected chi connectivity index (χ0v) is 16.0. The Labute approximate surface area is 174 Å². The average Bonchev–Trinajstić information content (AvgIpc) is 2.81. The first-order valence-electron chi connectivity index (χ1n) is 9.84. The summed E-state index contributed by atoms with van der Waals surface area (Å²) in [6, 6.07) is 35.0. The number of ether oxygens (including phenoxy) is 1. The number of nitriles is 1. The van der Waals surface area contributed by atoms with E-state index in [-0.39, 0.29) is 0 Å². The molecule has 6 rings (SSSR count). The van der Waals surface area contributed by atoms with Crippen LogP contribution < -0.4 is 9.64 Å². The Kier molecular flexibility index (Phi) is 3.53. The van der Waals surface area contributed by atoms with Gasteiger partial charge in [-0.05, 0) is 70.1 Å². The fraction of sp³-hybridized carbons (Fsp3) is 0. The molecule has 0 saturated heterocycles. The van der Waals surface area contributed by atoms with E-state index in [0.717, 1.165) is 44.7 Å². The molecule has 0 unspecified atom stereocenters. The van der Waals surface area contributed by atoms with Gasteiger partial charge in [0.15, 0.2) is 11.5 Å². The van der Waals surface area contributed by atoms with Gasteiger partial charge in [-0.1, -0.05) is 48.5 Å². The minimum Gasteiger partial charge on any atom is -0.453 e. The molecule has 0 spiro atoms. The Morgan fingerprint density at radius 1 is 0.633 bits per heavy atom. The molecule has 5 aromatic carbocycles. The van der Waals surface area contributed by atoms with Crippen LogP contribution in [0.2, 0.25) is 0 Å². The van der Waals surface area contributed by atoms with Crippen LogP contribution in [-0.2, 0) is 0 Å². The summed E-state index contributed by atoms with van der Waals surface area (Å²) >= 11 is 0. The van der Waals surface area contributed by atoms with E-state index in [0.29, 0.717) is 5.56 Å². The summed E-state index contributed by atoms with van der Waals surface area (Å²) in [6.45, 7) is 0. The van der Waals surface area contributed by atoms with Crippen LogP contribution in [0, 0.1) is 11.3 Å². The number of hydrogen-bond donors (Lipinski definition) is 0. The molecule has 0 aromatic heterocycles. The topological polar surface area (TPSA) is 36.3 Å². The van der Waals surface area contributed by atoms with E-state index in [9.17, 15) is 5.26 Å². The highest BCUT2D eigenvalue weighted by Crippen LogP contribution is 2.50. The van der Waals surface area contributed by atoms with Crippen LogP contribution >= 0.6 is 0 Å². The van der Waals surface area contributed by atoms with Crippen LogP contribution in [0.3, 0.4) is 0 Å². The molecule has 0 aliphatic carbocycles. The largest absolute Gasteiger partial charge is 0.453 e. The number of anilines is 3. The molecule has 3 nitrogen and oxygen atoms in total. The lowest BCUT2D eigenvalue weighted by molar-refractivity contribution is 0.477. The Morgan fingerprint density at radius 3 is 1.90 bits per heavy atom. The second-order valence-corrected chi connectivity index (χ2v) is 7.39. The Balaban J connectivity index is 1.57. The van der Waals surface area contributed by atoms with Gasteiger partial charge >= 0.3 is 0 Å². The molecule has 1 aliphatic heterocycles. The summed E-state index contributed by atoms with van der Waals surface area (Å²) in [5.41, 5.74) is 3.81. The number of nitrogens with zero attached hydrogens (tertiary/aromatic N) is 2. The molecule has 30 heavy (non-hydrogen) atoms. The molecule has 1 aliphatic rings. The predicted molar refractivity (Wildman–Crippen MR) is 121 cm³/mol. The van der Waals surface area contributed by atoms with Gasteiger partial charge in [-0.2, -0.15) is 5.26 Å². The summed E-state index contributed by atoms with van der Waals surface area (Å²) in [7, 11) is 0. The summed E-state index contributed by atoms with van der Waals surface area (Å²) in [6.07, 6.45) is 0. The Hall–Kier alpha value is -4.29. The van der Waals surface area contributed by atoms with Crippen molar-refractivity contribution in [1.82, 2.24) is 0 Å². The maximum atomic E-state index is 9.19. The van der Waals surface area contributed by atoms with Crippen molar-refractivity contribution in [2.75, 3.05) is 4.90 Å². The molecular weight excluding hydrogens is 368 g/mol. The van der Waals surface area contributed by atoms with Gasteiger partial charge in [-0.3, -0.25) is 0 Å². The van der Waals surface area contributed by atoms with Gasteiger partial charge in [0.05, 0.1) is 23.0 Å². The van der Waals surface area contributed by atoms with Crippen molar-refractivity contribution < 1.29 is 4.74 Å². The van der Waals surface area contributed by atoms with Gasteiger partial charge in [0, 0.05) is 5.69 Å². The number of hydrogen-bond acceptors (Lipinski definition) is 3. The van der Waals surface area contributed by atoms with Crippen LogP contribution in [0.15, 0.2) is 97.1 Å². The number of para-hydroxylation sites is 4. The van der Waals surface area contributed by atoms with Crippen LogP contribution in [0.5, 0.6) is 11.5 Å². The van der Waals surface area contributed by atoms with E-state index in [1.807, 2.05) is 54.6 Å². The molecule has 1 heterocycles. The van der Waals surface area contributed by atoms with Gasteiger partial charge in [0.1, 0.15) is 0 Å². The normalized spacial score (nSPS) is 12.2. The molecule has 5 aromatic rings. The summed E-state index contributed by atoms with van der Waals surface area (Å²) in [4.78, 5) is 2.25. The molecule has 0 N–H and O–H groups in total. The number of rotatable bonds is 1. The second kappa shape index (κ2) is 6.37. The maximum Gasteiger partial charge on any atom is 0.151 e. The number of fused-ring (bicyclic) bond motifs is 5. The van der Waals surface area contributed by atoms with Crippen molar-refractivity contribution in [2.45, 2.75) is 0 Å². The monoisotopic (exact) mass is 384 g/mol. The lowest BCUT2D eigenvalue weighted by Crippen LogP contribution is -2.15. The van der Waals surface area contributed by atoms with Crippen LogP contribution in [0.4, 0.5) is 17.1 Å². The summed E-state index contributed by atoms with van der Waals surface area (Å²) in [5, 5.41) is 13.8. The average molecular weight is 384 g/mol. The van der Waals surface area contributed by atoms with Crippen molar-refractivity contribution in [3.05, 3.63) is 103 Å². The van der Waals surface area contributed by atoms with Crippen molar-refractivity contribution in [2.24, 2.45) is 0 Å². The number of benzene rings is 5. The van der Waals surface area contributed by atoms with Crippen molar-refractivity contribution in [3.63, 3.8) is 0 Å². The standard InChI is InChI=1S/C27H16N2O/c28-17-18-9-13-22-19(15-18)10-11-20-16-21(12-14-23(20)22)29-24-5-1-3-7-26(24)30-27-8-4-2-6-25(27)29/h1-16H. The highest BCUT2D eigenvalue weighted by atomic mass is 16.5. The van der Waals surface area contributed by atoms with E-state index < -0.39 is 0 Å². The molecule has 0 bridgehead atoms. The van der Waals surface area contributed by atoms with E-state index in [2.05, 4.69) is 53.4 Å². The third-order valence-corrected chi connectivity index (χ3v) is 5.64. The van der Waals surface area contributed by atoms with Gasteiger partial charge in [0.2, 0.25) is 0 Å². The van der Waals surface area contributed by atoms with Gasteiger partial charge in [-0.25, -0.2) is 0 Å². The third-order valence-electron chi connectivity index (χ3n) is 5.64. The van der Waals surface area contributed by atoms with Crippen LogP contribution in [-0.4, -0.2) is 0 Å². The van der Waals surface area contributed by atoms with E-state index in [1.165, 1.54) is 5.39 Å². The van der Waals surface area contributed by atoms with Gasteiger partial charge in [-0.15, -0.1) is 0 Å². The molecule has 140 valence electrons. The van der Waals surface area contributed by atoms with Crippen LogP contribution in [0.1, 0.15) is 5.56 Å². The van der Waals surface area contributed by atoms with E-state index in [4.69, 9.17) is 4.74 Å². The molecule has 0 amide bonds. The van der Waals surface area contributed by atoms with Crippen molar-refractivity contribution in [3.8, 4) is 17.6 Å². The highest BCUT2D eigenvalue weighted by molar-refractivity contribution is 6.09. The molecule has 0 radical (unpaired) electrons. The molecule has 3 heteroatoms. The Morgan fingerprint density at radius 2 is 1.23 bits per heavy atom. The fourth-order valence-electron chi connectivity index (χ4n) is 4.25. The minimum atomic E-state index is 0.681. The highest BCUT2D eigenvalue weighted by Gasteiger charge is 2.25. The summed E-state index contributed by atoms with van der Waals surface area (Å²) in [5.74, 6) is 1.69. The van der Waals surface area contributed by atoms with Crippen molar-refractivity contribution >= 4 is 38.6 Å². The Bertz CT molecular complexity index is 1450. The molecule has 0 saturated carbocycles. The zero-order valence-electron chi connectivity index (χ0n) is 16.0. The first-order valence-corrected chi connectivity index (χ1v) is 9.84. The minimum absolute atomic E-state index is 0.681. The van der Waals surface area contributed by atoms with Crippen molar-refractivity contribution in [1.29, 1.82) is 5.26 Å². The van der Waals surface area contributed by atoms with E-state index >= 15 is 0 Å². The molecule has 0 atom stereocenters. The lowest BCUT2D eigenvalue weighted by atomic mass is 9.99. The fourth-order valence-corrected chi connectivity index (χ4v) is 4.25. The van der Waals surface area contributed by atoms with Crippen LogP contribution in [0.25, 0.3) is 21.5 Å². The quantitative estimate of drug-likeness (QED) is 0.276. The van der Waals surface area contributed by atoms with Gasteiger partial charge < -0.3 is 9.64 Å². The predicted octanol–water partition coefficient (Wildman–Crippen LogP) is 7.44. The first kappa shape index (κ1) is 16.6. The smallest absolute Gasteiger partial charge is 0.151 e. The lowest BCUT2D eigenvalue weighted by Gasteiger charge is -2.32. The first-order chi connectivity index (χ1) is 14.8. The third kappa shape index (κ3) is 2.45. The molecular formula is C27H16N2O. The summed E-state index contributed by atoms with van der Waals surface area (Å²) < 4.78 is 6.13. The zero-order chi connectivity index (χ0) is 20.1. The molecule has 0 fully saturated rings. The SMILES string of the molecule is N#Cc1ccc2c(ccc3cc(N4c5ccccc5Oc5ccccc54)ccc32)c1. The maximum absolute atomic E-state index is 9.19.